The van der Waals surface area contributed by atoms with Crippen LogP contribution in [0, 0.1) is 5.82 Å². The van der Waals surface area contributed by atoms with Gasteiger partial charge in [0, 0.05) is 6.54 Å². The fourth-order valence-corrected chi connectivity index (χ4v) is 4.98. The Morgan fingerprint density at radius 3 is 2.42 bits per heavy atom. The summed E-state index contributed by atoms with van der Waals surface area (Å²) in [6, 6.07) is 15.9. The van der Waals surface area contributed by atoms with Crippen LogP contribution in [0.4, 0.5) is 4.39 Å². The van der Waals surface area contributed by atoms with Gasteiger partial charge in [-0.2, -0.15) is 0 Å². The highest BCUT2D eigenvalue weighted by atomic mass is 32.2. The molecule has 1 aliphatic heterocycles. The number of nitrogens with one attached hydrogen (secondary N) is 1. The van der Waals surface area contributed by atoms with Crippen molar-refractivity contribution in [3.8, 4) is 11.5 Å². The van der Waals surface area contributed by atoms with Gasteiger partial charge < -0.3 is 14.8 Å². The van der Waals surface area contributed by atoms with Crippen LogP contribution in [0.2, 0.25) is 0 Å². The molecule has 162 valence electrons. The molecule has 0 radical (unpaired) electrons. The van der Waals surface area contributed by atoms with E-state index in [1.165, 1.54) is 24.3 Å². The van der Waals surface area contributed by atoms with E-state index in [0.29, 0.717) is 24.7 Å². The zero-order chi connectivity index (χ0) is 21.8. The second-order valence-electron chi connectivity index (χ2n) is 7.32. The van der Waals surface area contributed by atoms with E-state index in [1.807, 2.05) is 13.0 Å². The van der Waals surface area contributed by atoms with Crippen molar-refractivity contribution in [2.24, 2.45) is 0 Å². The molecule has 3 aromatic rings. The van der Waals surface area contributed by atoms with Crippen LogP contribution in [0.25, 0.3) is 0 Å². The van der Waals surface area contributed by atoms with Gasteiger partial charge >= 0.3 is 0 Å². The van der Waals surface area contributed by atoms with Crippen molar-refractivity contribution in [2.45, 2.75) is 36.3 Å². The molecule has 0 spiro atoms. The summed E-state index contributed by atoms with van der Waals surface area (Å²) in [6.45, 7) is 3.99. The molecule has 5 nitrogen and oxygen atoms in total. The van der Waals surface area contributed by atoms with E-state index in [0.717, 1.165) is 29.7 Å². The number of sulfone groups is 1. The standard InChI is InChI=1S/C24H24FNO4S/c1-2-29-23-13-18-11-12-26-15-19(18)14-24(23)31(27,28)22-9-7-21(8-10-22)30-16-17-3-5-20(25)6-4-17/h3-10,13-14,26H,2,11-12,15-16H2,1H3. The van der Waals surface area contributed by atoms with Gasteiger partial charge in [-0.3, -0.25) is 0 Å². The van der Waals surface area contributed by atoms with E-state index in [9.17, 15) is 12.8 Å². The number of hydrogen-bond donors (Lipinski definition) is 1. The van der Waals surface area contributed by atoms with Crippen LogP contribution in [0.1, 0.15) is 23.6 Å². The van der Waals surface area contributed by atoms with Crippen LogP contribution in [0.15, 0.2) is 70.5 Å². The van der Waals surface area contributed by atoms with E-state index in [2.05, 4.69) is 5.32 Å². The molecule has 0 fully saturated rings. The molecule has 0 aromatic heterocycles. The second kappa shape index (κ2) is 9.08. The summed E-state index contributed by atoms with van der Waals surface area (Å²) in [6.07, 6.45) is 0.843. The summed E-state index contributed by atoms with van der Waals surface area (Å²) in [7, 11) is -3.76. The maximum absolute atomic E-state index is 13.4. The van der Waals surface area contributed by atoms with Crippen molar-refractivity contribution < 1.29 is 22.3 Å². The molecule has 0 amide bonds. The van der Waals surface area contributed by atoms with Crippen molar-refractivity contribution in [3.05, 3.63) is 83.2 Å². The molecule has 1 aliphatic rings. The van der Waals surface area contributed by atoms with Gasteiger partial charge in [0.15, 0.2) is 0 Å². The van der Waals surface area contributed by atoms with Gasteiger partial charge in [-0.1, -0.05) is 12.1 Å². The number of ether oxygens (including phenoxy) is 2. The molecule has 4 rings (SSSR count). The van der Waals surface area contributed by atoms with Gasteiger partial charge in [0.05, 0.1) is 11.5 Å². The Morgan fingerprint density at radius 1 is 0.968 bits per heavy atom. The van der Waals surface area contributed by atoms with E-state index < -0.39 is 9.84 Å². The lowest BCUT2D eigenvalue weighted by atomic mass is 10.0. The third-order valence-corrected chi connectivity index (χ3v) is 6.99. The van der Waals surface area contributed by atoms with Gasteiger partial charge in [0.2, 0.25) is 9.84 Å². The van der Waals surface area contributed by atoms with Crippen LogP contribution >= 0.6 is 0 Å². The van der Waals surface area contributed by atoms with Crippen molar-refractivity contribution in [2.75, 3.05) is 13.2 Å². The van der Waals surface area contributed by atoms with Gasteiger partial charge in [-0.15, -0.1) is 0 Å². The zero-order valence-corrected chi connectivity index (χ0v) is 18.0. The fourth-order valence-electron chi connectivity index (χ4n) is 3.56. The average molecular weight is 442 g/mol. The molecule has 0 saturated heterocycles. The zero-order valence-electron chi connectivity index (χ0n) is 17.2. The van der Waals surface area contributed by atoms with E-state index >= 15 is 0 Å². The van der Waals surface area contributed by atoms with Gasteiger partial charge in [0.1, 0.15) is 28.8 Å². The lowest BCUT2D eigenvalue weighted by Gasteiger charge is -2.20. The molecule has 1 heterocycles. The lowest BCUT2D eigenvalue weighted by molar-refractivity contribution is 0.306. The molecule has 0 bridgehead atoms. The molecule has 0 saturated carbocycles. The lowest BCUT2D eigenvalue weighted by Crippen LogP contribution is -2.24. The van der Waals surface area contributed by atoms with Crippen molar-refractivity contribution in [1.82, 2.24) is 5.32 Å². The molecule has 31 heavy (non-hydrogen) atoms. The minimum Gasteiger partial charge on any atom is -0.492 e. The fraction of sp³-hybridized carbons (Fsp3) is 0.250. The Bertz CT molecular complexity index is 1160. The average Bonchev–Trinajstić information content (AvgIpc) is 2.79. The normalized spacial score (nSPS) is 13.5. The Kier molecular flexibility index (Phi) is 6.25. The highest BCUT2D eigenvalue weighted by molar-refractivity contribution is 7.91. The largest absolute Gasteiger partial charge is 0.492 e. The number of fused-ring (bicyclic) bond motifs is 1. The first-order valence-electron chi connectivity index (χ1n) is 10.2. The van der Waals surface area contributed by atoms with E-state index in [-0.39, 0.29) is 22.2 Å². The molecular weight excluding hydrogens is 417 g/mol. The van der Waals surface area contributed by atoms with Crippen LogP contribution in [-0.4, -0.2) is 21.6 Å². The third-order valence-electron chi connectivity index (χ3n) is 5.19. The van der Waals surface area contributed by atoms with Gasteiger partial charge in [-0.25, -0.2) is 12.8 Å². The smallest absolute Gasteiger partial charge is 0.210 e. The Balaban J connectivity index is 1.57. The topological polar surface area (TPSA) is 64.6 Å². The van der Waals surface area contributed by atoms with Crippen molar-refractivity contribution in [3.63, 3.8) is 0 Å². The van der Waals surface area contributed by atoms with Gasteiger partial charge in [-0.05, 0) is 85.1 Å². The first kappa shape index (κ1) is 21.3. The minimum atomic E-state index is -3.76. The molecular formula is C24H24FNO4S. The summed E-state index contributed by atoms with van der Waals surface area (Å²) >= 11 is 0. The summed E-state index contributed by atoms with van der Waals surface area (Å²) in [5.74, 6) is 0.616. The first-order chi connectivity index (χ1) is 15.0. The van der Waals surface area contributed by atoms with Gasteiger partial charge in [0.25, 0.3) is 0 Å². The first-order valence-corrected chi connectivity index (χ1v) is 11.7. The van der Waals surface area contributed by atoms with Crippen LogP contribution in [0.3, 0.4) is 0 Å². The van der Waals surface area contributed by atoms with Crippen molar-refractivity contribution >= 4 is 9.84 Å². The summed E-state index contributed by atoms with van der Waals surface area (Å²) in [5.41, 5.74) is 2.92. The predicted molar refractivity (Wildman–Crippen MR) is 116 cm³/mol. The molecule has 0 aliphatic carbocycles. The molecule has 0 unspecified atom stereocenters. The van der Waals surface area contributed by atoms with E-state index in [4.69, 9.17) is 9.47 Å². The maximum Gasteiger partial charge on any atom is 0.210 e. The van der Waals surface area contributed by atoms with Crippen LogP contribution in [-0.2, 0) is 29.4 Å². The number of hydrogen-bond acceptors (Lipinski definition) is 5. The summed E-state index contributed by atoms with van der Waals surface area (Å²) in [4.78, 5) is 0.350. The predicted octanol–water partition coefficient (Wildman–Crippen LogP) is 4.28. The summed E-state index contributed by atoms with van der Waals surface area (Å²) < 4.78 is 51.1. The van der Waals surface area contributed by atoms with Crippen LogP contribution in [0.5, 0.6) is 11.5 Å². The van der Waals surface area contributed by atoms with Crippen LogP contribution < -0.4 is 14.8 Å². The Hall–Kier alpha value is -2.90. The molecule has 1 N–H and O–H groups in total. The SMILES string of the molecule is CCOc1cc2c(cc1S(=O)(=O)c1ccc(OCc3ccc(F)cc3)cc1)CNCC2. The summed E-state index contributed by atoms with van der Waals surface area (Å²) in [5, 5.41) is 3.28. The number of halogens is 1. The van der Waals surface area contributed by atoms with E-state index in [1.54, 1.807) is 30.3 Å². The number of benzene rings is 3. The number of rotatable bonds is 7. The quantitative estimate of drug-likeness (QED) is 0.593. The molecule has 3 aromatic carbocycles. The molecule has 7 heteroatoms. The monoisotopic (exact) mass is 441 g/mol. The Labute approximate surface area is 181 Å². The minimum absolute atomic E-state index is 0.173. The van der Waals surface area contributed by atoms with Crippen molar-refractivity contribution in [1.29, 1.82) is 0 Å². The molecule has 0 atom stereocenters. The highest BCUT2D eigenvalue weighted by Gasteiger charge is 2.25. The highest BCUT2D eigenvalue weighted by Crippen LogP contribution is 2.34. The Morgan fingerprint density at radius 2 is 1.71 bits per heavy atom. The maximum atomic E-state index is 13.4. The third kappa shape index (κ3) is 4.73. The second-order valence-corrected chi connectivity index (χ2v) is 9.24.